The number of aromatic nitrogens is 3. The standard InChI is InChI=1S/C7H12N4O2/c1-2-3-4-13-7(12)9-6-5-8-11-10-6/h5H,2-4H2,1H3,(H2,8,9,10,11,12). The molecule has 0 aliphatic carbocycles. The highest BCUT2D eigenvalue weighted by molar-refractivity contribution is 5.82. The number of ether oxygens (including phenoxy) is 1. The lowest BCUT2D eigenvalue weighted by atomic mass is 10.4. The maximum Gasteiger partial charge on any atom is 0.412 e. The number of amides is 1. The van der Waals surface area contributed by atoms with Crippen LogP contribution in [0.2, 0.25) is 0 Å². The quantitative estimate of drug-likeness (QED) is 0.688. The number of nitrogens with one attached hydrogen (secondary N) is 2. The van der Waals surface area contributed by atoms with Crippen LogP contribution < -0.4 is 5.32 Å². The van der Waals surface area contributed by atoms with Crippen molar-refractivity contribution < 1.29 is 9.53 Å². The molecule has 0 aliphatic heterocycles. The van der Waals surface area contributed by atoms with Crippen molar-refractivity contribution in [3.8, 4) is 0 Å². The summed E-state index contributed by atoms with van der Waals surface area (Å²) in [6, 6.07) is 0. The van der Waals surface area contributed by atoms with E-state index in [0.29, 0.717) is 12.4 Å². The second-order valence-corrected chi connectivity index (χ2v) is 2.47. The fraction of sp³-hybridized carbons (Fsp3) is 0.571. The van der Waals surface area contributed by atoms with E-state index in [4.69, 9.17) is 4.74 Å². The zero-order valence-corrected chi connectivity index (χ0v) is 7.41. The maximum absolute atomic E-state index is 11.0. The molecule has 13 heavy (non-hydrogen) atoms. The monoisotopic (exact) mass is 184 g/mol. The van der Waals surface area contributed by atoms with Crippen molar-refractivity contribution in [2.24, 2.45) is 0 Å². The molecule has 72 valence electrons. The van der Waals surface area contributed by atoms with E-state index in [2.05, 4.69) is 20.7 Å². The lowest BCUT2D eigenvalue weighted by molar-refractivity contribution is 0.160. The Balaban J connectivity index is 2.18. The highest BCUT2D eigenvalue weighted by atomic mass is 16.5. The minimum atomic E-state index is -0.498. The normalized spacial score (nSPS) is 9.62. The van der Waals surface area contributed by atoms with Gasteiger partial charge in [0, 0.05) is 0 Å². The molecule has 1 amide bonds. The van der Waals surface area contributed by atoms with Crippen LogP contribution in [-0.2, 0) is 4.74 Å². The van der Waals surface area contributed by atoms with Crippen LogP contribution in [0, 0.1) is 0 Å². The average molecular weight is 184 g/mol. The largest absolute Gasteiger partial charge is 0.449 e. The van der Waals surface area contributed by atoms with Crippen molar-refractivity contribution in [3.63, 3.8) is 0 Å². The molecular weight excluding hydrogens is 172 g/mol. The Kier molecular flexibility index (Phi) is 3.74. The van der Waals surface area contributed by atoms with Gasteiger partial charge < -0.3 is 4.74 Å². The van der Waals surface area contributed by atoms with Crippen LogP contribution in [0.15, 0.2) is 6.20 Å². The van der Waals surface area contributed by atoms with Gasteiger partial charge in [-0.3, -0.25) is 5.32 Å². The fourth-order valence-corrected chi connectivity index (χ4v) is 0.712. The van der Waals surface area contributed by atoms with Crippen molar-refractivity contribution in [2.45, 2.75) is 19.8 Å². The van der Waals surface area contributed by atoms with Crippen LogP contribution in [0.3, 0.4) is 0 Å². The van der Waals surface area contributed by atoms with E-state index in [1.54, 1.807) is 0 Å². The zero-order valence-electron chi connectivity index (χ0n) is 7.41. The molecule has 0 aliphatic rings. The highest BCUT2D eigenvalue weighted by Crippen LogP contribution is 1.97. The molecule has 1 aromatic rings. The lowest BCUT2D eigenvalue weighted by Gasteiger charge is -2.02. The van der Waals surface area contributed by atoms with Gasteiger partial charge in [0.15, 0.2) is 5.82 Å². The SMILES string of the molecule is CCCCOC(=O)Nc1cn[nH]n1. The highest BCUT2D eigenvalue weighted by Gasteiger charge is 2.03. The van der Waals surface area contributed by atoms with Gasteiger partial charge in [0.1, 0.15) is 0 Å². The summed E-state index contributed by atoms with van der Waals surface area (Å²) in [6.07, 6.45) is 2.77. The van der Waals surface area contributed by atoms with Gasteiger partial charge in [0.05, 0.1) is 12.8 Å². The number of unbranched alkanes of at least 4 members (excludes halogenated alkanes) is 1. The molecule has 0 saturated carbocycles. The van der Waals surface area contributed by atoms with Crippen LogP contribution in [0.1, 0.15) is 19.8 Å². The minimum absolute atomic E-state index is 0.362. The number of anilines is 1. The summed E-state index contributed by atoms with van der Waals surface area (Å²) in [5, 5.41) is 11.9. The smallest absolute Gasteiger partial charge is 0.412 e. The fourth-order valence-electron chi connectivity index (χ4n) is 0.712. The third kappa shape index (κ3) is 3.55. The number of hydrogen-bond donors (Lipinski definition) is 2. The summed E-state index contributed by atoms with van der Waals surface area (Å²) in [7, 11) is 0. The first kappa shape index (κ1) is 9.50. The van der Waals surface area contributed by atoms with E-state index < -0.39 is 6.09 Å². The molecule has 0 unspecified atom stereocenters. The van der Waals surface area contributed by atoms with Crippen LogP contribution in [-0.4, -0.2) is 28.1 Å². The third-order valence-electron chi connectivity index (χ3n) is 1.38. The van der Waals surface area contributed by atoms with Crippen LogP contribution >= 0.6 is 0 Å². The van der Waals surface area contributed by atoms with E-state index >= 15 is 0 Å². The van der Waals surface area contributed by atoms with E-state index in [9.17, 15) is 4.79 Å². The molecule has 0 radical (unpaired) electrons. The van der Waals surface area contributed by atoms with Gasteiger partial charge in [-0.1, -0.05) is 13.3 Å². The average Bonchev–Trinajstić information content (AvgIpc) is 2.57. The van der Waals surface area contributed by atoms with Gasteiger partial charge >= 0.3 is 6.09 Å². The number of rotatable bonds is 4. The van der Waals surface area contributed by atoms with Crippen molar-refractivity contribution >= 4 is 11.9 Å². The van der Waals surface area contributed by atoms with Crippen molar-refractivity contribution in [2.75, 3.05) is 11.9 Å². The molecule has 0 aromatic carbocycles. The number of H-pyrrole nitrogens is 1. The zero-order chi connectivity index (χ0) is 9.52. The molecule has 6 nitrogen and oxygen atoms in total. The van der Waals surface area contributed by atoms with E-state index in [-0.39, 0.29) is 0 Å². The van der Waals surface area contributed by atoms with E-state index in [1.165, 1.54) is 6.20 Å². The maximum atomic E-state index is 11.0. The lowest BCUT2D eigenvalue weighted by Crippen LogP contribution is -2.14. The molecule has 0 spiro atoms. The predicted molar refractivity (Wildman–Crippen MR) is 46.3 cm³/mol. The summed E-state index contributed by atoms with van der Waals surface area (Å²) in [5.74, 6) is 0.362. The summed E-state index contributed by atoms with van der Waals surface area (Å²) in [6.45, 7) is 2.46. The Morgan fingerprint density at radius 1 is 1.77 bits per heavy atom. The first-order chi connectivity index (χ1) is 6.33. The number of carbonyl (C=O) groups is 1. The van der Waals surface area contributed by atoms with E-state index in [1.807, 2.05) is 6.92 Å². The summed E-state index contributed by atoms with van der Waals surface area (Å²) < 4.78 is 4.82. The predicted octanol–water partition coefficient (Wildman–Crippen LogP) is 1.15. The van der Waals surface area contributed by atoms with Crippen molar-refractivity contribution in [1.29, 1.82) is 0 Å². The Morgan fingerprint density at radius 3 is 3.23 bits per heavy atom. The van der Waals surface area contributed by atoms with Crippen molar-refractivity contribution in [1.82, 2.24) is 15.4 Å². The first-order valence-electron chi connectivity index (χ1n) is 4.12. The summed E-state index contributed by atoms with van der Waals surface area (Å²) in [5.41, 5.74) is 0. The van der Waals surface area contributed by atoms with Gasteiger partial charge in [-0.25, -0.2) is 4.79 Å². The van der Waals surface area contributed by atoms with Gasteiger partial charge in [-0.05, 0) is 6.42 Å². The Bertz CT molecular complexity index is 247. The number of carbonyl (C=O) groups excluding carboxylic acids is 1. The van der Waals surface area contributed by atoms with Gasteiger partial charge in [0.2, 0.25) is 0 Å². The molecule has 0 saturated heterocycles. The van der Waals surface area contributed by atoms with Crippen LogP contribution in [0.5, 0.6) is 0 Å². The van der Waals surface area contributed by atoms with Gasteiger partial charge in [-0.2, -0.15) is 10.3 Å². The molecule has 1 rings (SSSR count). The minimum Gasteiger partial charge on any atom is -0.449 e. The third-order valence-corrected chi connectivity index (χ3v) is 1.38. The molecule has 0 atom stereocenters. The number of aromatic amines is 1. The topological polar surface area (TPSA) is 79.9 Å². The summed E-state index contributed by atoms with van der Waals surface area (Å²) >= 11 is 0. The number of hydrogen-bond acceptors (Lipinski definition) is 4. The second kappa shape index (κ2) is 5.13. The number of nitrogens with zero attached hydrogens (tertiary/aromatic N) is 2. The van der Waals surface area contributed by atoms with Crippen molar-refractivity contribution in [3.05, 3.63) is 6.20 Å². The Hall–Kier alpha value is -1.59. The first-order valence-corrected chi connectivity index (χ1v) is 4.12. The Labute approximate surface area is 75.7 Å². The van der Waals surface area contributed by atoms with Gasteiger partial charge in [-0.15, -0.1) is 5.10 Å². The molecule has 1 aromatic heterocycles. The molecule has 0 bridgehead atoms. The second-order valence-electron chi connectivity index (χ2n) is 2.47. The molecular formula is C7H12N4O2. The molecule has 6 heteroatoms. The molecule has 0 fully saturated rings. The van der Waals surface area contributed by atoms with Crippen LogP contribution in [0.4, 0.5) is 10.6 Å². The summed E-state index contributed by atoms with van der Waals surface area (Å²) in [4.78, 5) is 11.0. The van der Waals surface area contributed by atoms with Crippen LogP contribution in [0.25, 0.3) is 0 Å². The Morgan fingerprint density at radius 2 is 2.62 bits per heavy atom. The van der Waals surface area contributed by atoms with E-state index in [0.717, 1.165) is 12.8 Å². The van der Waals surface area contributed by atoms with Gasteiger partial charge in [0.25, 0.3) is 0 Å². The molecule has 2 N–H and O–H groups in total. The molecule has 1 heterocycles.